The van der Waals surface area contributed by atoms with Gasteiger partial charge in [-0.05, 0) is 24.1 Å². The Labute approximate surface area is 166 Å². The predicted octanol–water partition coefficient (Wildman–Crippen LogP) is 3.05. The van der Waals surface area contributed by atoms with E-state index in [0.717, 1.165) is 30.8 Å². The van der Waals surface area contributed by atoms with Crippen molar-refractivity contribution in [2.45, 2.75) is 19.8 Å². The summed E-state index contributed by atoms with van der Waals surface area (Å²) in [6.45, 7) is 5.66. The quantitative estimate of drug-likeness (QED) is 0.661. The molecule has 1 aliphatic heterocycles. The van der Waals surface area contributed by atoms with Crippen molar-refractivity contribution >= 4 is 11.7 Å². The Bertz CT molecular complexity index is 766. The fourth-order valence-electron chi connectivity index (χ4n) is 3.31. The van der Waals surface area contributed by atoms with E-state index >= 15 is 0 Å². The number of hydrogen-bond donors (Lipinski definition) is 0. The number of carbonyl (C=O) groups excluding carboxylic acids is 2. The minimum Gasteiger partial charge on any atom is -0.493 e. The van der Waals surface area contributed by atoms with Crippen LogP contribution in [0.4, 0.5) is 0 Å². The Balaban J connectivity index is 1.38. The topological polar surface area (TPSA) is 49.9 Å². The van der Waals surface area contributed by atoms with E-state index in [1.807, 2.05) is 59.5 Å². The molecular weight excluding hydrogens is 352 g/mol. The summed E-state index contributed by atoms with van der Waals surface area (Å²) in [6.07, 6.45) is 1.35. The van der Waals surface area contributed by atoms with Gasteiger partial charge in [-0.1, -0.05) is 49.4 Å². The molecule has 0 aliphatic carbocycles. The second kappa shape index (κ2) is 10.0. The molecule has 5 heteroatoms. The van der Waals surface area contributed by atoms with Gasteiger partial charge in [0.05, 0.1) is 19.6 Å². The predicted molar refractivity (Wildman–Crippen MR) is 110 cm³/mol. The molecule has 0 radical (unpaired) electrons. The van der Waals surface area contributed by atoms with Crippen molar-refractivity contribution in [3.8, 4) is 5.75 Å². The van der Waals surface area contributed by atoms with Gasteiger partial charge in [0.2, 0.25) is 5.91 Å². The number of benzene rings is 2. The Morgan fingerprint density at radius 3 is 2.25 bits per heavy atom. The van der Waals surface area contributed by atoms with Gasteiger partial charge >= 0.3 is 0 Å². The number of rotatable bonds is 8. The maximum Gasteiger partial charge on any atom is 0.226 e. The second-order valence-electron chi connectivity index (χ2n) is 7.04. The van der Waals surface area contributed by atoms with Crippen LogP contribution in [0, 0.1) is 0 Å². The highest BCUT2D eigenvalue weighted by Gasteiger charge is 2.22. The molecule has 0 spiro atoms. The molecule has 0 unspecified atom stereocenters. The second-order valence-corrected chi connectivity index (χ2v) is 7.04. The molecule has 1 amide bonds. The number of Topliss-reactive ketones (excluding diaryl/α,β-unsaturated/α-hetero) is 1. The first-order valence-corrected chi connectivity index (χ1v) is 9.96. The lowest BCUT2D eigenvalue weighted by molar-refractivity contribution is -0.133. The molecule has 1 aliphatic rings. The number of nitrogens with zero attached hydrogens (tertiary/aromatic N) is 2. The molecule has 28 heavy (non-hydrogen) atoms. The zero-order chi connectivity index (χ0) is 19.8. The van der Waals surface area contributed by atoms with Crippen molar-refractivity contribution in [2.75, 3.05) is 39.3 Å². The largest absolute Gasteiger partial charge is 0.493 e. The lowest BCUT2D eigenvalue weighted by atomic mass is 10.1. The van der Waals surface area contributed by atoms with Gasteiger partial charge in [-0.3, -0.25) is 14.5 Å². The van der Waals surface area contributed by atoms with Crippen LogP contribution in [0.1, 0.15) is 29.3 Å². The van der Waals surface area contributed by atoms with Crippen molar-refractivity contribution in [1.82, 2.24) is 9.80 Å². The van der Waals surface area contributed by atoms with E-state index in [0.29, 0.717) is 32.7 Å². The summed E-state index contributed by atoms with van der Waals surface area (Å²) in [7, 11) is 0. The molecule has 0 aromatic heterocycles. The van der Waals surface area contributed by atoms with E-state index in [9.17, 15) is 9.59 Å². The van der Waals surface area contributed by atoms with Crippen LogP contribution in [-0.2, 0) is 11.2 Å². The summed E-state index contributed by atoms with van der Waals surface area (Å²) < 4.78 is 5.60. The minimum absolute atomic E-state index is 0.108. The van der Waals surface area contributed by atoms with Gasteiger partial charge in [0, 0.05) is 31.7 Å². The van der Waals surface area contributed by atoms with Gasteiger partial charge in [0.1, 0.15) is 5.75 Å². The Morgan fingerprint density at radius 1 is 0.929 bits per heavy atom. The highest BCUT2D eigenvalue weighted by molar-refractivity contribution is 5.97. The molecule has 2 aromatic carbocycles. The molecule has 3 rings (SSSR count). The Hall–Kier alpha value is -2.66. The van der Waals surface area contributed by atoms with Crippen molar-refractivity contribution < 1.29 is 14.3 Å². The molecule has 1 heterocycles. The van der Waals surface area contributed by atoms with Crippen LogP contribution in [0.15, 0.2) is 54.6 Å². The molecule has 148 valence electrons. The SMILES string of the molecule is CCc1ccc(C(=O)CN2CCN(C(=O)CCOc3ccccc3)CC2)cc1. The highest BCUT2D eigenvalue weighted by atomic mass is 16.5. The number of ether oxygens (including phenoxy) is 1. The van der Waals surface area contributed by atoms with Gasteiger partial charge in [0.15, 0.2) is 5.78 Å². The first-order valence-electron chi connectivity index (χ1n) is 9.96. The van der Waals surface area contributed by atoms with Gasteiger partial charge < -0.3 is 9.64 Å². The van der Waals surface area contributed by atoms with Crippen molar-refractivity contribution in [2.24, 2.45) is 0 Å². The summed E-state index contributed by atoms with van der Waals surface area (Å²) >= 11 is 0. The summed E-state index contributed by atoms with van der Waals surface area (Å²) in [4.78, 5) is 28.8. The molecule has 1 saturated heterocycles. The summed E-state index contributed by atoms with van der Waals surface area (Å²) in [5, 5.41) is 0. The molecule has 0 bridgehead atoms. The fraction of sp³-hybridized carbons (Fsp3) is 0.391. The van der Waals surface area contributed by atoms with E-state index in [2.05, 4.69) is 11.8 Å². The number of ketones is 1. The van der Waals surface area contributed by atoms with Gasteiger partial charge in [-0.15, -0.1) is 0 Å². The van der Waals surface area contributed by atoms with Crippen molar-refractivity contribution in [3.63, 3.8) is 0 Å². The molecule has 0 N–H and O–H groups in total. The Kier molecular flexibility index (Phi) is 7.20. The normalized spacial score (nSPS) is 14.7. The third kappa shape index (κ3) is 5.67. The molecular formula is C23H28N2O3. The third-order valence-corrected chi connectivity index (χ3v) is 5.10. The van der Waals surface area contributed by atoms with Crippen molar-refractivity contribution in [1.29, 1.82) is 0 Å². The first kappa shape index (κ1) is 20.1. The van der Waals surface area contributed by atoms with E-state index < -0.39 is 0 Å². The van der Waals surface area contributed by atoms with E-state index in [1.54, 1.807) is 0 Å². The lowest BCUT2D eigenvalue weighted by Crippen LogP contribution is -2.50. The number of carbonyl (C=O) groups is 2. The number of aryl methyl sites for hydroxylation is 1. The highest BCUT2D eigenvalue weighted by Crippen LogP contribution is 2.11. The maximum atomic E-state index is 12.5. The third-order valence-electron chi connectivity index (χ3n) is 5.10. The van der Waals surface area contributed by atoms with Gasteiger partial charge in [0.25, 0.3) is 0 Å². The van der Waals surface area contributed by atoms with Crippen LogP contribution in [0.2, 0.25) is 0 Å². The molecule has 0 saturated carbocycles. The average molecular weight is 380 g/mol. The molecule has 5 nitrogen and oxygen atoms in total. The maximum absolute atomic E-state index is 12.5. The zero-order valence-corrected chi connectivity index (χ0v) is 16.5. The number of piperazine rings is 1. The van der Waals surface area contributed by atoms with Gasteiger partial charge in [-0.25, -0.2) is 0 Å². The Morgan fingerprint density at radius 2 is 1.61 bits per heavy atom. The van der Waals surface area contributed by atoms with Crippen LogP contribution in [0.25, 0.3) is 0 Å². The van der Waals surface area contributed by atoms with Crippen LogP contribution in [-0.4, -0.2) is 60.8 Å². The number of amides is 1. The van der Waals surface area contributed by atoms with Crippen LogP contribution < -0.4 is 4.74 Å². The minimum atomic E-state index is 0.108. The summed E-state index contributed by atoms with van der Waals surface area (Å²) in [5.41, 5.74) is 1.99. The fourth-order valence-corrected chi connectivity index (χ4v) is 3.31. The lowest BCUT2D eigenvalue weighted by Gasteiger charge is -2.34. The van der Waals surface area contributed by atoms with Crippen molar-refractivity contribution in [3.05, 3.63) is 65.7 Å². The van der Waals surface area contributed by atoms with Crippen LogP contribution in [0.3, 0.4) is 0 Å². The number of para-hydroxylation sites is 1. The smallest absolute Gasteiger partial charge is 0.226 e. The van der Waals surface area contributed by atoms with E-state index in [4.69, 9.17) is 4.74 Å². The summed E-state index contributed by atoms with van der Waals surface area (Å²) in [6, 6.07) is 17.4. The molecule has 2 aromatic rings. The summed E-state index contributed by atoms with van der Waals surface area (Å²) in [5.74, 6) is 1.03. The monoisotopic (exact) mass is 380 g/mol. The number of hydrogen-bond acceptors (Lipinski definition) is 4. The molecule has 0 atom stereocenters. The zero-order valence-electron chi connectivity index (χ0n) is 16.5. The van der Waals surface area contributed by atoms with Crippen LogP contribution in [0.5, 0.6) is 5.75 Å². The van der Waals surface area contributed by atoms with Crippen LogP contribution >= 0.6 is 0 Å². The van der Waals surface area contributed by atoms with E-state index in [1.165, 1.54) is 5.56 Å². The van der Waals surface area contributed by atoms with E-state index in [-0.39, 0.29) is 11.7 Å². The first-order chi connectivity index (χ1) is 13.7. The average Bonchev–Trinajstić information content (AvgIpc) is 2.75. The van der Waals surface area contributed by atoms with Gasteiger partial charge in [-0.2, -0.15) is 0 Å². The standard InChI is InChI=1S/C23H28N2O3/c1-2-19-8-10-20(11-9-19)22(26)18-24-13-15-25(16-14-24)23(27)12-17-28-21-6-4-3-5-7-21/h3-11H,2,12-18H2,1H3. The molecule has 1 fully saturated rings.